The maximum atomic E-state index is 8.94. The third kappa shape index (κ3) is 2.95. The molecule has 2 aromatic rings. The van der Waals surface area contributed by atoms with Gasteiger partial charge < -0.3 is 10.6 Å². The van der Waals surface area contributed by atoms with Gasteiger partial charge in [-0.25, -0.2) is 0 Å². The highest BCUT2D eigenvalue weighted by atomic mass is 15.1. The first kappa shape index (κ1) is 14.0. The Morgan fingerprint density at radius 1 is 1.30 bits per heavy atom. The van der Waals surface area contributed by atoms with E-state index < -0.39 is 0 Å². The molecular weight excluding hydrogens is 248 g/mol. The number of anilines is 2. The third-order valence-electron chi connectivity index (χ3n) is 3.34. The van der Waals surface area contributed by atoms with Crippen molar-refractivity contribution in [1.82, 2.24) is 4.98 Å². The largest absolute Gasteiger partial charge is 0.343 e. The van der Waals surface area contributed by atoms with Crippen molar-refractivity contribution < 1.29 is 0 Å². The van der Waals surface area contributed by atoms with E-state index in [9.17, 15) is 0 Å². The van der Waals surface area contributed by atoms with Gasteiger partial charge in [0.05, 0.1) is 29.2 Å². The van der Waals surface area contributed by atoms with Gasteiger partial charge in [0.2, 0.25) is 0 Å². The Bertz CT molecular complexity index is 613. The minimum absolute atomic E-state index is 0.0173. The van der Waals surface area contributed by atoms with Gasteiger partial charge in [-0.1, -0.05) is 13.0 Å². The van der Waals surface area contributed by atoms with Crippen molar-refractivity contribution in [1.29, 1.82) is 5.26 Å². The molecular formula is C16H18N4. The highest BCUT2D eigenvalue weighted by Gasteiger charge is 2.08. The molecule has 102 valence electrons. The number of rotatable bonds is 4. The number of aromatic nitrogens is 1. The molecule has 0 aliphatic heterocycles. The van der Waals surface area contributed by atoms with E-state index in [4.69, 9.17) is 11.0 Å². The fourth-order valence-corrected chi connectivity index (χ4v) is 1.96. The summed E-state index contributed by atoms with van der Waals surface area (Å²) < 4.78 is 0. The minimum Gasteiger partial charge on any atom is -0.343 e. The van der Waals surface area contributed by atoms with Crippen molar-refractivity contribution in [3.63, 3.8) is 0 Å². The van der Waals surface area contributed by atoms with Crippen molar-refractivity contribution in [3.05, 3.63) is 53.9 Å². The third-order valence-corrected chi connectivity index (χ3v) is 3.34. The number of hydrogen-bond acceptors (Lipinski definition) is 4. The second-order valence-electron chi connectivity index (χ2n) is 4.68. The summed E-state index contributed by atoms with van der Waals surface area (Å²) in [4.78, 5) is 6.40. The number of benzene rings is 1. The van der Waals surface area contributed by atoms with E-state index in [1.165, 1.54) is 0 Å². The molecule has 0 spiro atoms. The second-order valence-corrected chi connectivity index (χ2v) is 4.68. The molecule has 1 heterocycles. The van der Waals surface area contributed by atoms with Crippen LogP contribution >= 0.6 is 0 Å². The molecule has 0 aliphatic rings. The quantitative estimate of drug-likeness (QED) is 0.923. The molecule has 1 atom stereocenters. The van der Waals surface area contributed by atoms with E-state index in [-0.39, 0.29) is 6.04 Å². The number of nitrogens with two attached hydrogens (primary N) is 1. The Labute approximate surface area is 119 Å². The van der Waals surface area contributed by atoms with Crippen LogP contribution in [0.1, 0.15) is 30.6 Å². The first-order valence-electron chi connectivity index (χ1n) is 6.61. The predicted octanol–water partition coefficient (Wildman–Crippen LogP) is 3.13. The number of nitrogens with zero attached hydrogens (tertiary/aromatic N) is 3. The van der Waals surface area contributed by atoms with Crippen LogP contribution in [0.25, 0.3) is 0 Å². The smallest absolute Gasteiger partial charge is 0.0992 e. The van der Waals surface area contributed by atoms with Crippen LogP contribution in [-0.4, -0.2) is 12.0 Å². The van der Waals surface area contributed by atoms with Gasteiger partial charge in [-0.15, -0.1) is 0 Å². The molecule has 4 heteroatoms. The van der Waals surface area contributed by atoms with Crippen LogP contribution in [0.15, 0.2) is 42.6 Å². The van der Waals surface area contributed by atoms with Gasteiger partial charge in [0.1, 0.15) is 0 Å². The van der Waals surface area contributed by atoms with Crippen LogP contribution in [0, 0.1) is 11.3 Å². The standard InChI is InChI=1S/C16H18N4/c1-3-15(18)16-8-7-14(11-19-16)20(2)13-6-4-5-12(9-13)10-17/h4-9,11,15H,3,18H2,1-2H3/t15-/m0/s1. The van der Waals surface area contributed by atoms with E-state index in [1.54, 1.807) is 6.07 Å². The van der Waals surface area contributed by atoms with Crippen LogP contribution in [0.2, 0.25) is 0 Å². The lowest BCUT2D eigenvalue weighted by Crippen LogP contribution is -2.13. The average molecular weight is 266 g/mol. The van der Waals surface area contributed by atoms with Crippen LogP contribution in [0.5, 0.6) is 0 Å². The molecule has 0 saturated carbocycles. The van der Waals surface area contributed by atoms with Gasteiger partial charge in [0, 0.05) is 18.8 Å². The SMILES string of the molecule is CC[C@H](N)c1ccc(N(C)c2cccc(C#N)c2)cn1. The number of nitriles is 1. The van der Waals surface area contributed by atoms with Crippen molar-refractivity contribution >= 4 is 11.4 Å². The van der Waals surface area contributed by atoms with Gasteiger partial charge >= 0.3 is 0 Å². The zero-order valence-electron chi connectivity index (χ0n) is 11.7. The first-order valence-corrected chi connectivity index (χ1v) is 6.61. The number of pyridine rings is 1. The predicted molar refractivity (Wildman–Crippen MR) is 80.7 cm³/mol. The molecule has 1 aromatic heterocycles. The van der Waals surface area contributed by atoms with E-state index in [0.29, 0.717) is 5.56 Å². The van der Waals surface area contributed by atoms with Gasteiger partial charge in [0.25, 0.3) is 0 Å². The van der Waals surface area contributed by atoms with Crippen LogP contribution in [0.3, 0.4) is 0 Å². The lowest BCUT2D eigenvalue weighted by Gasteiger charge is -2.20. The molecule has 2 rings (SSSR count). The number of hydrogen-bond donors (Lipinski definition) is 1. The van der Waals surface area contributed by atoms with Crippen LogP contribution in [0.4, 0.5) is 11.4 Å². The molecule has 0 saturated heterocycles. The summed E-state index contributed by atoms with van der Waals surface area (Å²) in [7, 11) is 1.95. The van der Waals surface area contributed by atoms with Crippen LogP contribution < -0.4 is 10.6 Å². The molecule has 4 nitrogen and oxygen atoms in total. The Morgan fingerprint density at radius 2 is 2.10 bits per heavy atom. The van der Waals surface area contributed by atoms with Gasteiger partial charge in [-0.2, -0.15) is 5.26 Å². The summed E-state index contributed by atoms with van der Waals surface area (Å²) in [6.45, 7) is 2.04. The maximum Gasteiger partial charge on any atom is 0.0992 e. The van der Waals surface area contributed by atoms with Gasteiger partial charge in [-0.3, -0.25) is 4.98 Å². The zero-order valence-corrected chi connectivity index (χ0v) is 11.7. The molecule has 1 aromatic carbocycles. The molecule has 0 aliphatic carbocycles. The Hall–Kier alpha value is -2.38. The maximum absolute atomic E-state index is 8.94. The zero-order chi connectivity index (χ0) is 14.5. The van der Waals surface area contributed by atoms with Crippen molar-refractivity contribution in [3.8, 4) is 6.07 Å². The van der Waals surface area contributed by atoms with Crippen molar-refractivity contribution in [2.24, 2.45) is 5.73 Å². The topological polar surface area (TPSA) is 65.9 Å². The lowest BCUT2D eigenvalue weighted by atomic mass is 10.1. The van der Waals surface area contributed by atoms with Gasteiger partial charge in [-0.05, 0) is 36.8 Å². The van der Waals surface area contributed by atoms with Crippen molar-refractivity contribution in [2.45, 2.75) is 19.4 Å². The average Bonchev–Trinajstić information content (AvgIpc) is 2.53. The highest BCUT2D eigenvalue weighted by Crippen LogP contribution is 2.24. The normalized spacial score (nSPS) is 11.7. The van der Waals surface area contributed by atoms with Gasteiger partial charge in [0.15, 0.2) is 0 Å². The van der Waals surface area contributed by atoms with Crippen molar-refractivity contribution in [2.75, 3.05) is 11.9 Å². The molecule has 20 heavy (non-hydrogen) atoms. The van der Waals surface area contributed by atoms with E-state index in [2.05, 4.69) is 11.1 Å². The summed E-state index contributed by atoms with van der Waals surface area (Å²) in [6.07, 6.45) is 2.68. The van der Waals surface area contributed by atoms with Crippen LogP contribution in [-0.2, 0) is 0 Å². The summed E-state index contributed by atoms with van der Waals surface area (Å²) >= 11 is 0. The minimum atomic E-state index is -0.0173. The van der Waals surface area contributed by atoms with E-state index >= 15 is 0 Å². The highest BCUT2D eigenvalue weighted by molar-refractivity contribution is 5.63. The Balaban J connectivity index is 2.24. The Morgan fingerprint density at radius 3 is 2.70 bits per heavy atom. The molecule has 0 radical (unpaired) electrons. The lowest BCUT2D eigenvalue weighted by molar-refractivity contribution is 0.675. The summed E-state index contributed by atoms with van der Waals surface area (Å²) in [5.41, 5.74) is 9.42. The molecule has 2 N–H and O–H groups in total. The molecule has 0 amide bonds. The fourth-order valence-electron chi connectivity index (χ4n) is 1.96. The molecule has 0 fully saturated rings. The van der Waals surface area contributed by atoms with E-state index in [1.807, 2.05) is 55.4 Å². The fraction of sp³-hybridized carbons (Fsp3) is 0.250. The summed E-state index contributed by atoms with van der Waals surface area (Å²) in [5.74, 6) is 0. The summed E-state index contributed by atoms with van der Waals surface area (Å²) in [5, 5.41) is 8.94. The molecule has 0 unspecified atom stereocenters. The van der Waals surface area contributed by atoms with E-state index in [0.717, 1.165) is 23.5 Å². The first-order chi connectivity index (χ1) is 9.65. The second kappa shape index (κ2) is 6.18. The summed E-state index contributed by atoms with van der Waals surface area (Å²) in [6, 6.07) is 13.6. The molecule has 0 bridgehead atoms. The Kier molecular flexibility index (Phi) is 4.34. The monoisotopic (exact) mass is 266 g/mol.